The summed E-state index contributed by atoms with van der Waals surface area (Å²) in [6.07, 6.45) is -1.08. The van der Waals surface area contributed by atoms with Gasteiger partial charge < -0.3 is 91.3 Å². The second-order valence-electron chi connectivity index (χ2n) is 26.9. The second kappa shape index (κ2) is 50.2. The van der Waals surface area contributed by atoms with Crippen LogP contribution >= 0.6 is 25.6 Å². The predicted octanol–water partition coefficient (Wildman–Crippen LogP) is 10.7. The Bertz CT molecular complexity index is 4300. The largest absolute Gasteiger partial charge is 0.400 e. The minimum Gasteiger partial charge on any atom is -0.400 e. The Morgan fingerprint density at radius 1 is 0.596 bits per heavy atom. The Morgan fingerprint density at radius 3 is 1.42 bits per heavy atom. The average molecular weight is 1660 g/mol. The van der Waals surface area contributed by atoms with Crippen LogP contribution in [0.2, 0.25) is 0 Å². The number of rotatable bonds is 33. The van der Waals surface area contributed by atoms with Gasteiger partial charge in [-0.3, -0.25) is 33.1 Å². The summed E-state index contributed by atoms with van der Waals surface area (Å²) in [5, 5.41) is 16.0. The van der Waals surface area contributed by atoms with Gasteiger partial charge in [0.2, 0.25) is 23.9 Å². The molecule has 3 unspecified atom stereocenters. The van der Waals surface area contributed by atoms with Crippen LogP contribution in [0, 0.1) is 33.6 Å². The molecular weight excluding hydrogens is 1530 g/mol. The maximum atomic E-state index is 13.2. The number of imidazole rings is 1. The number of fused-ring (bicyclic) bond motifs is 1. The first-order valence-corrected chi connectivity index (χ1v) is 40.1. The molecule has 0 saturated carbocycles. The fourth-order valence-electron chi connectivity index (χ4n) is 12.1. The third-order valence-electron chi connectivity index (χ3n) is 16.9. The van der Waals surface area contributed by atoms with Gasteiger partial charge in [0, 0.05) is 117 Å². The number of aromatic amines is 1. The third-order valence-corrected chi connectivity index (χ3v) is 23.3. The molecule has 3 saturated heterocycles. The van der Waals surface area contributed by atoms with E-state index in [4.69, 9.17) is 78.9 Å². The zero-order chi connectivity index (χ0) is 89.5. The summed E-state index contributed by atoms with van der Waals surface area (Å²) in [5.41, 5.74) is 1.07. The van der Waals surface area contributed by atoms with Crippen LogP contribution in [0.4, 0.5) is 11.6 Å². The minimum absolute atomic E-state index is 0.0349. The summed E-state index contributed by atoms with van der Waals surface area (Å²) in [5.74, 6) is -0.288. The number of anilines is 2. The lowest BCUT2D eigenvalue weighted by Crippen LogP contribution is -2.40. The summed E-state index contributed by atoms with van der Waals surface area (Å²) in [7, 11) is 2.23. The molecule has 630 valence electrons. The summed E-state index contributed by atoms with van der Waals surface area (Å²) in [6.45, 7) is 50.2. The number of benzene rings is 2. The van der Waals surface area contributed by atoms with Crippen molar-refractivity contribution in [1.82, 2.24) is 52.6 Å². The van der Waals surface area contributed by atoms with E-state index in [2.05, 4.69) is 135 Å². The molecule has 35 nitrogen and oxygen atoms in total. The molecule has 4 aromatic heterocycles. The van der Waals surface area contributed by atoms with E-state index in [0.29, 0.717) is 39.8 Å². The van der Waals surface area contributed by atoms with Gasteiger partial charge in [0.1, 0.15) is 62.6 Å². The third kappa shape index (κ3) is 27.3. The van der Waals surface area contributed by atoms with Crippen LogP contribution in [0.1, 0.15) is 165 Å². The molecule has 2 amide bonds. The molecule has 0 radical (unpaired) electrons. The number of aliphatic hydroxyl groups is 3. The highest BCUT2D eigenvalue weighted by molar-refractivity contribution is 7.45. The SMILES string of the molecule is [2H]C[C@H]1O[C@@H](n2cc(C)c(=O)[nH]c2=O)C[C@@H]1OP(OCC[N+]#[C-])N(C(C)C)C(C)C.[2H]C[C@H]1O[C@@H](n2cc(C)c(NC(=O)c3ccccc3)nc2=O)[C@H](OC)[C@@H]1OP(OCC[N+]#[C-])N(C(C)C)C(C)C.[2H]C[C@H]1O[C@@H](n2cnc3c(NC(=O)c4ccccc4)ncnc32)[C@H](OC)[C@@H]1OP(OCC[N+]#[C-])N(C(C)C)C(C)C.[3H]OC.[3H]OC.[3H]OC. The van der Waals surface area contributed by atoms with E-state index in [1.807, 2.05) is 39.8 Å². The van der Waals surface area contributed by atoms with Crippen molar-refractivity contribution < 1.29 is 79.9 Å². The van der Waals surface area contributed by atoms with Crippen LogP contribution in [0.25, 0.3) is 25.7 Å². The molecule has 0 aliphatic carbocycles. The second-order valence-corrected chi connectivity index (χ2v) is 31.1. The summed E-state index contributed by atoms with van der Waals surface area (Å²) >= 11 is 0. The molecule has 2 aromatic carbocycles. The highest BCUT2D eigenvalue weighted by atomic mass is 31.2. The summed E-state index contributed by atoms with van der Waals surface area (Å²) in [6, 6.07) is 18.2. The van der Waals surface area contributed by atoms with Gasteiger partial charge >= 0.3 is 11.4 Å². The monoisotopic (exact) mass is 1660 g/mol. The molecule has 14 atom stereocenters. The van der Waals surface area contributed by atoms with Crippen molar-refractivity contribution in [3.05, 3.63) is 174 Å². The number of nitrogens with zero attached hydrogens (tertiary/aromatic N) is 13. The number of carbonyl (C=O) groups excluding carboxylic acids is 2. The Hall–Kier alpha value is -7.43. The fraction of sp³-hybridized carbons (Fsp3) is 0.605. The molecule has 6 aromatic rings. The number of hydrogen-bond acceptors (Lipinski definition) is 26. The zero-order valence-electron chi connectivity index (χ0n) is 74.4. The maximum Gasteiger partial charge on any atom is 0.351 e. The van der Waals surface area contributed by atoms with Crippen LogP contribution in [-0.4, -0.2) is 244 Å². The molecule has 6 N–H and O–H groups in total. The van der Waals surface area contributed by atoms with Gasteiger partial charge in [0.05, 0.1) is 30.7 Å². The number of aliphatic hydroxyl groups excluding tert-OH is 3. The van der Waals surface area contributed by atoms with E-state index >= 15 is 0 Å². The van der Waals surface area contributed by atoms with E-state index in [0.717, 1.165) is 0 Å². The van der Waals surface area contributed by atoms with Crippen molar-refractivity contribution >= 4 is 60.2 Å². The normalized spacial score (nSPS) is 21.9. The van der Waals surface area contributed by atoms with Crippen LogP contribution in [0.3, 0.4) is 0 Å². The van der Waals surface area contributed by atoms with Crippen molar-refractivity contribution in [2.24, 2.45) is 0 Å². The quantitative estimate of drug-likeness (QED) is 0.0127. The summed E-state index contributed by atoms with van der Waals surface area (Å²) in [4.78, 5) is 92.1. The van der Waals surface area contributed by atoms with Gasteiger partial charge in [-0.15, -0.1) is 0 Å². The molecule has 0 spiro atoms. The van der Waals surface area contributed by atoms with Crippen LogP contribution in [-0.2, 0) is 50.8 Å². The molecule has 38 heteroatoms. The van der Waals surface area contributed by atoms with Crippen molar-refractivity contribution in [2.45, 2.75) is 228 Å². The number of nitrogens with one attached hydrogen (secondary N) is 3. The lowest BCUT2D eigenvalue weighted by atomic mass is 10.1. The molecule has 7 heterocycles. The average Bonchev–Trinajstić information content (AvgIpc) is 1.65. The maximum absolute atomic E-state index is 13.2. The van der Waals surface area contributed by atoms with E-state index in [1.165, 1.54) is 50.1 Å². The fourth-order valence-corrected chi connectivity index (χ4v) is 17.4. The van der Waals surface area contributed by atoms with Gasteiger partial charge in [0.25, 0.3) is 43.0 Å². The first-order chi connectivity index (χ1) is 57.3. The van der Waals surface area contributed by atoms with Crippen molar-refractivity contribution in [1.29, 1.82) is 4.29 Å². The number of aromatic nitrogens is 8. The number of methoxy groups -OCH3 is 2. The predicted molar refractivity (Wildman–Crippen MR) is 437 cm³/mol. The Labute approximate surface area is 681 Å². The van der Waals surface area contributed by atoms with Crippen LogP contribution in [0.15, 0.2) is 100 Å². The van der Waals surface area contributed by atoms with E-state index in [9.17, 15) is 24.0 Å². The molecule has 0 bridgehead atoms. The number of ether oxygens (including phenoxy) is 5. The van der Waals surface area contributed by atoms with Crippen LogP contribution in [0.5, 0.6) is 0 Å². The molecule has 114 heavy (non-hydrogen) atoms. The smallest absolute Gasteiger partial charge is 0.351 e. The summed E-state index contributed by atoms with van der Waals surface area (Å²) < 4.78 is 120. The Balaban J connectivity index is 0.000000364. The molecular formula is C76H117N16O19P3. The van der Waals surface area contributed by atoms with E-state index in [-0.39, 0.29) is 120 Å². The highest BCUT2D eigenvalue weighted by Gasteiger charge is 2.50. The van der Waals surface area contributed by atoms with Crippen molar-refractivity contribution in [3.63, 3.8) is 0 Å². The molecule has 3 aliphatic heterocycles. The lowest BCUT2D eigenvalue weighted by molar-refractivity contribution is -0.0510. The van der Waals surface area contributed by atoms with Gasteiger partial charge in [-0.1, -0.05) is 36.4 Å². The van der Waals surface area contributed by atoms with Crippen LogP contribution < -0.4 is 27.6 Å². The first-order valence-electron chi connectivity index (χ1n) is 40.0. The lowest BCUT2D eigenvalue weighted by Gasteiger charge is -2.37. The Morgan fingerprint density at radius 2 is 1.01 bits per heavy atom. The zero-order valence-corrected chi connectivity index (χ0v) is 71.1. The number of carbonyl (C=O) groups is 2. The van der Waals surface area contributed by atoms with Crippen molar-refractivity contribution in [2.75, 3.05) is 85.6 Å². The number of aryl methyl sites for hydroxylation is 2. The van der Waals surface area contributed by atoms with Gasteiger partial charge in [-0.25, -0.2) is 58.3 Å². The molecule has 9 rings (SSSR count). The van der Waals surface area contributed by atoms with E-state index in [1.54, 1.807) is 86.6 Å². The standard InChI is InChI=1S/C27H36N7O5P.C27H38N5O6P.C19H31N4O5P.3CH4O/c1-17(2)34(18(3)4)40(37-14-13-28-6)39-22-19(5)38-27(23(22)36-7)33-16-31-21-24(29-15-30-25(21)33)32-26(35)20-11-9-8-10-12-20;1-17(2)32(18(3)4)39(36-15-14-28-7)38-22-20(6)37-26(23(22)35-8)31-16-19(5)24(30-27(31)34)29-25(33)21-12-10-9-11-13-21;1-12(2)23(13(3)4)29(26-9-8-20-7)28-16-10-17(27-15(16)6)22-11-14(5)18(24)21-19(22)25;3*1-2/h8-12,15-19,22-23,27H,13-14H2,1-5,7H3,(H,29,30,32,35);9-13,16-18,20,22-23,26H,14-15H2,1-6,8H3,(H,29,30,33,34);11-13,15-17H,8-10H2,1-6H3,(H,21,24,25);3*2H,1H3/t19-,22-,23-,27-,40?;20-,22-,23-,26-,39?;15-,16+,17-,29?;;;/m111.../s1/i5D;2*6D;3*2T. The first kappa shape index (κ1) is 88.9. The number of hydrogen-bond donors (Lipinski definition) is 6. The van der Waals surface area contributed by atoms with Gasteiger partial charge in [-0.2, -0.15) is 4.98 Å². The van der Waals surface area contributed by atoms with Crippen molar-refractivity contribution in [3.8, 4) is 0 Å². The van der Waals surface area contributed by atoms with E-state index < -0.39 is 110 Å². The topological polar surface area (TPSA) is 377 Å². The highest BCUT2D eigenvalue weighted by Crippen LogP contribution is 2.53. The number of H-pyrrole nitrogens is 1. The Kier molecular flexibility index (Phi) is 39.2. The number of amides is 2. The van der Waals surface area contributed by atoms with Gasteiger partial charge in [0.15, 0.2) is 29.4 Å². The molecule has 3 fully saturated rings. The molecule has 3 aliphatic rings. The minimum atomic E-state index is -1.63. The van der Waals surface area contributed by atoms with Gasteiger partial charge in [-0.05, 0) is 142 Å².